The maximum atomic E-state index is 12.0. The summed E-state index contributed by atoms with van der Waals surface area (Å²) in [4.78, 5) is 22.6. The van der Waals surface area contributed by atoms with Gasteiger partial charge in [-0.3, -0.25) is 9.59 Å². The van der Waals surface area contributed by atoms with Crippen molar-refractivity contribution in [1.82, 2.24) is 0 Å². The fraction of sp³-hybridized carbons (Fsp3) is 0.429. The number of nitrogens with two attached hydrogens (primary N) is 2. The summed E-state index contributed by atoms with van der Waals surface area (Å²) in [5.74, 6) is -0.168. The first kappa shape index (κ1) is 16.0. The molecule has 0 bridgehead atoms. The van der Waals surface area contributed by atoms with Gasteiger partial charge in [0.25, 0.3) is 5.91 Å². The van der Waals surface area contributed by atoms with Crippen LogP contribution in [-0.4, -0.2) is 25.0 Å². The number of hydrogen-bond donors (Lipinski definition) is 3. The molecule has 0 spiro atoms. The Hall–Kier alpha value is -2.08. The molecule has 1 atom stereocenters. The zero-order valence-electron chi connectivity index (χ0n) is 11.8. The van der Waals surface area contributed by atoms with E-state index in [1.165, 1.54) is 0 Å². The topological polar surface area (TPSA) is 107 Å². The minimum absolute atomic E-state index is 0.103. The first-order chi connectivity index (χ1) is 9.43. The van der Waals surface area contributed by atoms with Crippen LogP contribution in [-0.2, 0) is 9.59 Å². The molecule has 20 heavy (non-hydrogen) atoms. The standard InChI is InChI=1S/C14H21N3O3/c1-9(2)12(7-15)14(19)17-10-3-5-11(6-4-10)20-8-13(16)18/h3-6,9,12H,7-8,15H2,1-2H3,(H2,16,18)(H,17,19). The first-order valence-corrected chi connectivity index (χ1v) is 6.46. The fourth-order valence-corrected chi connectivity index (χ4v) is 1.71. The van der Waals surface area contributed by atoms with E-state index in [1.54, 1.807) is 24.3 Å². The van der Waals surface area contributed by atoms with Gasteiger partial charge in [-0.05, 0) is 30.2 Å². The Balaban J connectivity index is 2.60. The van der Waals surface area contributed by atoms with Gasteiger partial charge in [-0.1, -0.05) is 13.8 Å². The van der Waals surface area contributed by atoms with Gasteiger partial charge in [0.2, 0.25) is 5.91 Å². The van der Waals surface area contributed by atoms with Crippen molar-refractivity contribution in [1.29, 1.82) is 0 Å². The molecule has 1 rings (SSSR count). The van der Waals surface area contributed by atoms with Crippen LogP contribution in [0.15, 0.2) is 24.3 Å². The molecule has 6 heteroatoms. The maximum Gasteiger partial charge on any atom is 0.255 e. The molecular weight excluding hydrogens is 258 g/mol. The second-order valence-electron chi connectivity index (χ2n) is 4.85. The Bertz CT molecular complexity index is 457. The van der Waals surface area contributed by atoms with Crippen LogP contribution in [0.4, 0.5) is 5.69 Å². The molecule has 0 saturated carbocycles. The number of ether oxygens (including phenoxy) is 1. The van der Waals surface area contributed by atoms with Crippen molar-refractivity contribution in [3.8, 4) is 5.75 Å². The highest BCUT2D eigenvalue weighted by molar-refractivity contribution is 5.92. The number of benzene rings is 1. The van der Waals surface area contributed by atoms with Gasteiger partial charge in [0.1, 0.15) is 5.75 Å². The molecule has 0 aliphatic carbocycles. The van der Waals surface area contributed by atoms with Crippen LogP contribution in [0.2, 0.25) is 0 Å². The summed E-state index contributed by atoms with van der Waals surface area (Å²) < 4.78 is 5.13. The zero-order valence-corrected chi connectivity index (χ0v) is 11.8. The van der Waals surface area contributed by atoms with Crippen molar-refractivity contribution >= 4 is 17.5 Å². The van der Waals surface area contributed by atoms with E-state index in [0.717, 1.165) is 0 Å². The van der Waals surface area contributed by atoms with Crippen LogP contribution < -0.4 is 21.5 Å². The molecule has 1 aromatic carbocycles. The van der Waals surface area contributed by atoms with Crippen LogP contribution >= 0.6 is 0 Å². The van der Waals surface area contributed by atoms with E-state index >= 15 is 0 Å². The summed E-state index contributed by atoms with van der Waals surface area (Å²) in [5.41, 5.74) is 11.2. The lowest BCUT2D eigenvalue weighted by Gasteiger charge is -2.18. The van der Waals surface area contributed by atoms with E-state index in [-0.39, 0.29) is 24.3 Å². The largest absolute Gasteiger partial charge is 0.484 e. The van der Waals surface area contributed by atoms with Crippen molar-refractivity contribution in [3.63, 3.8) is 0 Å². The maximum absolute atomic E-state index is 12.0. The highest BCUT2D eigenvalue weighted by Crippen LogP contribution is 2.18. The van der Waals surface area contributed by atoms with Crippen LogP contribution in [0, 0.1) is 11.8 Å². The summed E-state index contributed by atoms with van der Waals surface area (Å²) in [7, 11) is 0. The molecule has 0 radical (unpaired) electrons. The number of nitrogens with one attached hydrogen (secondary N) is 1. The van der Waals surface area contributed by atoms with E-state index in [4.69, 9.17) is 16.2 Å². The van der Waals surface area contributed by atoms with Gasteiger partial charge in [0.15, 0.2) is 6.61 Å². The van der Waals surface area contributed by atoms with E-state index in [1.807, 2.05) is 13.8 Å². The number of anilines is 1. The van der Waals surface area contributed by atoms with Gasteiger partial charge in [-0.2, -0.15) is 0 Å². The molecule has 0 aromatic heterocycles. The predicted octanol–water partition coefficient (Wildman–Crippen LogP) is 0.720. The van der Waals surface area contributed by atoms with Gasteiger partial charge in [-0.15, -0.1) is 0 Å². The second kappa shape index (κ2) is 7.49. The molecule has 1 unspecified atom stereocenters. The highest BCUT2D eigenvalue weighted by atomic mass is 16.5. The third-order valence-electron chi connectivity index (χ3n) is 2.90. The molecule has 6 nitrogen and oxygen atoms in total. The fourth-order valence-electron chi connectivity index (χ4n) is 1.71. The molecule has 5 N–H and O–H groups in total. The third-order valence-corrected chi connectivity index (χ3v) is 2.90. The number of carbonyl (C=O) groups excluding carboxylic acids is 2. The third kappa shape index (κ3) is 4.89. The first-order valence-electron chi connectivity index (χ1n) is 6.46. The molecule has 1 aromatic rings. The lowest BCUT2D eigenvalue weighted by atomic mass is 9.95. The molecule has 0 saturated heterocycles. The van der Waals surface area contributed by atoms with Crippen molar-refractivity contribution in [3.05, 3.63) is 24.3 Å². The Morgan fingerprint density at radius 2 is 1.85 bits per heavy atom. The lowest BCUT2D eigenvalue weighted by Crippen LogP contribution is -2.33. The molecule has 110 valence electrons. The quantitative estimate of drug-likeness (QED) is 0.683. The Morgan fingerprint density at radius 3 is 2.30 bits per heavy atom. The lowest BCUT2D eigenvalue weighted by molar-refractivity contribution is -0.121. The normalized spacial score (nSPS) is 12.0. The average molecular weight is 279 g/mol. The number of rotatable bonds is 7. The van der Waals surface area contributed by atoms with Gasteiger partial charge < -0.3 is 21.5 Å². The van der Waals surface area contributed by atoms with Crippen molar-refractivity contribution in [2.45, 2.75) is 13.8 Å². The molecule has 0 aliphatic rings. The van der Waals surface area contributed by atoms with E-state index < -0.39 is 5.91 Å². The number of primary amides is 1. The smallest absolute Gasteiger partial charge is 0.255 e. The van der Waals surface area contributed by atoms with E-state index in [0.29, 0.717) is 18.0 Å². The van der Waals surface area contributed by atoms with Crippen LogP contribution in [0.3, 0.4) is 0 Å². The van der Waals surface area contributed by atoms with E-state index in [2.05, 4.69) is 5.32 Å². The average Bonchev–Trinajstić information content (AvgIpc) is 2.38. The summed E-state index contributed by atoms with van der Waals surface area (Å²) >= 11 is 0. The number of amides is 2. The Morgan fingerprint density at radius 1 is 1.25 bits per heavy atom. The van der Waals surface area contributed by atoms with Crippen molar-refractivity contribution in [2.75, 3.05) is 18.5 Å². The monoisotopic (exact) mass is 279 g/mol. The summed E-state index contributed by atoms with van der Waals surface area (Å²) in [6.45, 7) is 4.05. The van der Waals surface area contributed by atoms with Crippen LogP contribution in [0.5, 0.6) is 5.75 Å². The van der Waals surface area contributed by atoms with Crippen LogP contribution in [0.1, 0.15) is 13.8 Å². The van der Waals surface area contributed by atoms with Crippen LogP contribution in [0.25, 0.3) is 0 Å². The van der Waals surface area contributed by atoms with Gasteiger partial charge in [-0.25, -0.2) is 0 Å². The summed E-state index contributed by atoms with van der Waals surface area (Å²) in [6, 6.07) is 6.71. The van der Waals surface area contributed by atoms with Gasteiger partial charge in [0, 0.05) is 12.2 Å². The second-order valence-corrected chi connectivity index (χ2v) is 4.85. The summed E-state index contributed by atoms with van der Waals surface area (Å²) in [6.07, 6.45) is 0. The molecule has 0 aliphatic heterocycles. The van der Waals surface area contributed by atoms with Gasteiger partial charge in [0.05, 0.1) is 5.92 Å². The van der Waals surface area contributed by atoms with Gasteiger partial charge >= 0.3 is 0 Å². The van der Waals surface area contributed by atoms with Crippen molar-refractivity contribution < 1.29 is 14.3 Å². The summed E-state index contributed by atoms with van der Waals surface area (Å²) in [5, 5.41) is 2.80. The van der Waals surface area contributed by atoms with Crippen molar-refractivity contribution in [2.24, 2.45) is 23.3 Å². The Labute approximate surface area is 118 Å². The molecule has 2 amide bonds. The Kier molecular flexibility index (Phi) is 5.99. The van der Waals surface area contributed by atoms with E-state index in [9.17, 15) is 9.59 Å². The molecule has 0 heterocycles. The zero-order chi connectivity index (χ0) is 15.1. The predicted molar refractivity (Wildman–Crippen MR) is 77.1 cm³/mol. The molecular formula is C14H21N3O3. The molecule has 0 fully saturated rings. The minimum atomic E-state index is -0.537. The number of carbonyl (C=O) groups is 2. The minimum Gasteiger partial charge on any atom is -0.484 e. The SMILES string of the molecule is CC(C)C(CN)C(=O)Nc1ccc(OCC(N)=O)cc1. The highest BCUT2D eigenvalue weighted by Gasteiger charge is 2.20. The number of hydrogen-bond acceptors (Lipinski definition) is 4.